The molecule has 10 heteroatoms. The Morgan fingerprint density at radius 2 is 1.75 bits per heavy atom. The fourth-order valence-electron chi connectivity index (χ4n) is 4.78. The van der Waals surface area contributed by atoms with Crippen LogP contribution >= 0.6 is 0 Å². The van der Waals surface area contributed by atoms with E-state index in [0.29, 0.717) is 5.69 Å². The van der Waals surface area contributed by atoms with Crippen LogP contribution in [0, 0.1) is 11.3 Å². The molecule has 1 saturated heterocycles. The number of rotatable bonds is 5. The zero-order valence-electron chi connectivity index (χ0n) is 20.3. The van der Waals surface area contributed by atoms with Gasteiger partial charge >= 0.3 is 0 Å². The lowest BCUT2D eigenvalue weighted by Crippen LogP contribution is -2.46. The van der Waals surface area contributed by atoms with Gasteiger partial charge < -0.3 is 4.90 Å². The maximum Gasteiger partial charge on any atom is 0.145 e. The highest BCUT2D eigenvalue weighted by Crippen LogP contribution is 2.30. The molecule has 1 aliphatic rings. The van der Waals surface area contributed by atoms with Gasteiger partial charge in [-0.2, -0.15) is 15.5 Å². The van der Waals surface area contributed by atoms with Crippen LogP contribution < -0.4 is 4.90 Å². The number of imidazole rings is 1. The smallest absolute Gasteiger partial charge is 0.145 e. The molecule has 10 nitrogen and oxygen atoms in total. The largest absolute Gasteiger partial charge is 0.354 e. The van der Waals surface area contributed by atoms with Crippen molar-refractivity contribution in [2.24, 2.45) is 14.1 Å². The summed E-state index contributed by atoms with van der Waals surface area (Å²) < 4.78 is 5.51. The van der Waals surface area contributed by atoms with Crippen LogP contribution in [0.15, 0.2) is 61.3 Å². The second-order valence-corrected chi connectivity index (χ2v) is 9.13. The molecule has 36 heavy (non-hydrogen) atoms. The van der Waals surface area contributed by atoms with E-state index in [1.54, 1.807) is 10.9 Å². The van der Waals surface area contributed by atoms with Gasteiger partial charge in [-0.1, -0.05) is 0 Å². The highest BCUT2D eigenvalue weighted by atomic mass is 15.3. The number of aryl methyl sites for hydroxylation is 2. The molecule has 6 rings (SSSR count). The number of pyridine rings is 2. The van der Waals surface area contributed by atoms with Crippen LogP contribution in [0.25, 0.3) is 28.0 Å². The average molecular weight is 479 g/mol. The fourth-order valence-corrected chi connectivity index (χ4v) is 4.78. The number of aromatic nitrogens is 7. The third kappa shape index (κ3) is 4.10. The van der Waals surface area contributed by atoms with E-state index in [1.807, 2.05) is 54.0 Å². The molecule has 0 aliphatic carbocycles. The Bertz CT molecular complexity index is 1560. The molecule has 0 amide bonds. The van der Waals surface area contributed by atoms with Gasteiger partial charge in [0, 0.05) is 76.5 Å². The van der Waals surface area contributed by atoms with Crippen LogP contribution in [0.5, 0.6) is 0 Å². The van der Waals surface area contributed by atoms with Crippen LogP contribution in [-0.2, 0) is 20.6 Å². The van der Waals surface area contributed by atoms with Gasteiger partial charge in [0.15, 0.2) is 0 Å². The van der Waals surface area contributed by atoms with Crippen LogP contribution in [0.1, 0.15) is 11.4 Å². The van der Waals surface area contributed by atoms with E-state index in [4.69, 9.17) is 4.98 Å². The Labute approximate surface area is 208 Å². The molecule has 0 N–H and O–H groups in total. The summed E-state index contributed by atoms with van der Waals surface area (Å²) in [4.78, 5) is 14.0. The topological polar surface area (TPSA) is 96.1 Å². The lowest BCUT2D eigenvalue weighted by atomic mass is 10.1. The van der Waals surface area contributed by atoms with Crippen molar-refractivity contribution in [3.8, 4) is 28.5 Å². The minimum Gasteiger partial charge on any atom is -0.354 e. The molecule has 1 fully saturated rings. The fraction of sp³-hybridized carbons (Fsp3) is 0.269. The molecule has 1 aliphatic heterocycles. The predicted molar refractivity (Wildman–Crippen MR) is 136 cm³/mol. The lowest BCUT2D eigenvalue weighted by molar-refractivity contribution is 0.246. The molecule has 0 bridgehead atoms. The van der Waals surface area contributed by atoms with E-state index in [2.05, 4.69) is 55.3 Å². The SMILES string of the molecule is Cn1cc(-c2cc(-c3ccc(N4CCN(Cc5ccn(C)n5)CC4)nc3)n3c(C#N)cnc3c2)cn1. The Hall–Kier alpha value is -4.49. The summed E-state index contributed by atoms with van der Waals surface area (Å²) in [6.45, 7) is 4.64. The first-order valence-electron chi connectivity index (χ1n) is 11.9. The van der Waals surface area contributed by atoms with Crippen molar-refractivity contribution < 1.29 is 0 Å². The second kappa shape index (κ2) is 8.94. The normalized spacial score (nSPS) is 14.4. The van der Waals surface area contributed by atoms with Gasteiger partial charge in [0.1, 0.15) is 23.2 Å². The summed E-state index contributed by atoms with van der Waals surface area (Å²) in [7, 11) is 3.85. The molecule has 0 saturated carbocycles. The molecule has 180 valence electrons. The highest BCUT2D eigenvalue weighted by Gasteiger charge is 2.19. The van der Waals surface area contributed by atoms with Crippen LogP contribution in [0.2, 0.25) is 0 Å². The van der Waals surface area contributed by atoms with Crippen molar-refractivity contribution >= 4 is 11.5 Å². The van der Waals surface area contributed by atoms with Gasteiger partial charge in [-0.3, -0.25) is 18.7 Å². The summed E-state index contributed by atoms with van der Waals surface area (Å²) in [6.07, 6.45) is 9.29. The monoisotopic (exact) mass is 478 g/mol. The number of nitrogens with zero attached hydrogens (tertiary/aromatic N) is 10. The van der Waals surface area contributed by atoms with E-state index in [1.165, 1.54) is 0 Å². The van der Waals surface area contributed by atoms with Gasteiger partial charge in [0.2, 0.25) is 0 Å². The molecular weight excluding hydrogens is 452 g/mol. The van der Waals surface area contributed by atoms with E-state index < -0.39 is 0 Å². The molecular formula is C26H26N10. The van der Waals surface area contributed by atoms with Crippen molar-refractivity contribution in [2.45, 2.75) is 6.54 Å². The lowest BCUT2D eigenvalue weighted by Gasteiger charge is -2.35. The first-order chi connectivity index (χ1) is 17.6. The van der Waals surface area contributed by atoms with Crippen molar-refractivity contribution in [3.63, 3.8) is 0 Å². The quantitative estimate of drug-likeness (QED) is 0.383. The maximum atomic E-state index is 9.66. The molecule has 6 heterocycles. The molecule has 5 aromatic rings. The standard InChI is InChI=1S/C26H26N10/c1-32-6-5-22(31-32)18-34-7-9-35(10-8-34)25-4-3-19(14-28-25)24-11-20(21-15-30-33(2)17-21)12-26-29-16-23(13-27)36(24)26/h3-6,11-12,14-17H,7-10,18H2,1-2H3. The summed E-state index contributed by atoms with van der Waals surface area (Å²) in [6, 6.07) is 12.5. The number of nitriles is 1. The molecule has 0 spiro atoms. The van der Waals surface area contributed by atoms with Gasteiger partial charge in [0.25, 0.3) is 0 Å². The Balaban J connectivity index is 1.25. The zero-order chi connectivity index (χ0) is 24.6. The zero-order valence-corrected chi connectivity index (χ0v) is 20.3. The van der Waals surface area contributed by atoms with Gasteiger partial charge in [-0.25, -0.2) is 9.97 Å². The molecule has 5 aromatic heterocycles. The van der Waals surface area contributed by atoms with Crippen molar-refractivity contribution in [1.82, 2.24) is 38.8 Å². The van der Waals surface area contributed by atoms with E-state index in [-0.39, 0.29) is 0 Å². The molecule has 0 radical (unpaired) electrons. The third-order valence-electron chi connectivity index (χ3n) is 6.65. The first kappa shape index (κ1) is 22.0. The van der Waals surface area contributed by atoms with Crippen molar-refractivity contribution in [2.75, 3.05) is 31.1 Å². The van der Waals surface area contributed by atoms with Crippen LogP contribution in [0.4, 0.5) is 5.82 Å². The number of fused-ring (bicyclic) bond motifs is 1. The predicted octanol–water partition coefficient (Wildman–Crippen LogP) is 2.72. The number of piperazine rings is 1. The summed E-state index contributed by atoms with van der Waals surface area (Å²) >= 11 is 0. The van der Waals surface area contributed by atoms with Crippen molar-refractivity contribution in [3.05, 3.63) is 72.7 Å². The highest BCUT2D eigenvalue weighted by molar-refractivity contribution is 5.75. The first-order valence-corrected chi connectivity index (χ1v) is 11.9. The molecule has 0 unspecified atom stereocenters. The maximum absolute atomic E-state index is 9.66. The summed E-state index contributed by atoms with van der Waals surface area (Å²) in [5, 5.41) is 18.5. The Morgan fingerprint density at radius 1 is 0.889 bits per heavy atom. The second-order valence-electron chi connectivity index (χ2n) is 9.13. The van der Waals surface area contributed by atoms with E-state index in [0.717, 1.165) is 72.3 Å². The van der Waals surface area contributed by atoms with Crippen LogP contribution in [-0.4, -0.2) is 65.0 Å². The summed E-state index contributed by atoms with van der Waals surface area (Å²) in [5.41, 5.74) is 6.11. The number of hydrogen-bond acceptors (Lipinski definition) is 7. The van der Waals surface area contributed by atoms with Crippen molar-refractivity contribution in [1.29, 1.82) is 5.26 Å². The van der Waals surface area contributed by atoms with E-state index >= 15 is 0 Å². The van der Waals surface area contributed by atoms with Gasteiger partial charge in [-0.15, -0.1) is 0 Å². The average Bonchev–Trinajstić information content (AvgIpc) is 3.63. The third-order valence-corrected chi connectivity index (χ3v) is 6.65. The number of anilines is 1. The van der Waals surface area contributed by atoms with Crippen LogP contribution in [0.3, 0.4) is 0 Å². The Kier molecular flexibility index (Phi) is 5.47. The molecule has 0 atom stereocenters. The summed E-state index contributed by atoms with van der Waals surface area (Å²) in [5.74, 6) is 0.960. The minimum absolute atomic E-state index is 0.492. The van der Waals surface area contributed by atoms with Gasteiger partial charge in [-0.05, 0) is 35.9 Å². The minimum atomic E-state index is 0.492. The molecule has 0 aromatic carbocycles. The van der Waals surface area contributed by atoms with Gasteiger partial charge in [0.05, 0.1) is 23.8 Å². The van der Waals surface area contributed by atoms with E-state index in [9.17, 15) is 5.26 Å². The Morgan fingerprint density at radius 3 is 2.42 bits per heavy atom. The number of hydrogen-bond donors (Lipinski definition) is 0.